The summed E-state index contributed by atoms with van der Waals surface area (Å²) in [6.07, 6.45) is 0. The molecule has 1 saturated heterocycles. The maximum atomic E-state index is 8.93. The van der Waals surface area contributed by atoms with E-state index in [9.17, 15) is 0 Å². The highest BCUT2D eigenvalue weighted by Crippen LogP contribution is 2.28. The molecule has 1 aliphatic rings. The molecule has 5 heteroatoms. The maximum Gasteiger partial charge on any atom is 0.186 e. The number of rotatable bonds is 3. The molecule has 3 rings (SSSR count). The molecular formula is C13H17N3OS. The molecule has 2 aromatic rings. The number of anilines is 1. The molecular weight excluding hydrogens is 246 g/mol. The third-order valence-electron chi connectivity index (χ3n) is 3.34. The number of nitrogens with zero attached hydrogens (tertiary/aromatic N) is 3. The van der Waals surface area contributed by atoms with Gasteiger partial charge in [0.2, 0.25) is 0 Å². The van der Waals surface area contributed by atoms with Gasteiger partial charge in [-0.05, 0) is 12.1 Å². The first-order chi connectivity index (χ1) is 8.86. The minimum absolute atomic E-state index is 0.251. The van der Waals surface area contributed by atoms with Gasteiger partial charge in [0, 0.05) is 32.7 Å². The third kappa shape index (κ3) is 2.34. The Hall–Kier alpha value is -1.17. The Balaban J connectivity index is 1.72. The lowest BCUT2D eigenvalue weighted by molar-refractivity contribution is 0.189. The zero-order chi connectivity index (χ0) is 12.4. The van der Waals surface area contributed by atoms with Crippen LogP contribution in [-0.4, -0.2) is 54.3 Å². The van der Waals surface area contributed by atoms with Crippen molar-refractivity contribution in [2.75, 3.05) is 44.2 Å². The highest BCUT2D eigenvalue weighted by Gasteiger charge is 2.19. The van der Waals surface area contributed by atoms with E-state index in [1.807, 2.05) is 6.07 Å². The number of aliphatic hydroxyl groups is 1. The predicted octanol–water partition coefficient (Wildman–Crippen LogP) is 1.41. The van der Waals surface area contributed by atoms with Crippen LogP contribution in [0.15, 0.2) is 24.3 Å². The number of hydrogen-bond donors (Lipinski definition) is 1. The van der Waals surface area contributed by atoms with Crippen LogP contribution in [0.4, 0.5) is 5.13 Å². The lowest BCUT2D eigenvalue weighted by Crippen LogP contribution is -2.47. The van der Waals surface area contributed by atoms with E-state index in [2.05, 4.69) is 33.0 Å². The quantitative estimate of drug-likeness (QED) is 0.909. The van der Waals surface area contributed by atoms with Gasteiger partial charge < -0.3 is 10.0 Å². The second kappa shape index (κ2) is 5.22. The van der Waals surface area contributed by atoms with Crippen molar-refractivity contribution < 1.29 is 5.11 Å². The Morgan fingerprint density at radius 3 is 2.67 bits per heavy atom. The van der Waals surface area contributed by atoms with E-state index in [4.69, 9.17) is 5.11 Å². The van der Waals surface area contributed by atoms with Gasteiger partial charge in [0.15, 0.2) is 5.13 Å². The first kappa shape index (κ1) is 11.9. The highest BCUT2D eigenvalue weighted by molar-refractivity contribution is 7.22. The second-order valence-electron chi connectivity index (χ2n) is 4.52. The Kier molecular flexibility index (Phi) is 3.45. The normalized spacial score (nSPS) is 17.5. The lowest BCUT2D eigenvalue weighted by Gasteiger charge is -2.34. The third-order valence-corrected chi connectivity index (χ3v) is 4.44. The van der Waals surface area contributed by atoms with E-state index in [1.165, 1.54) is 4.70 Å². The number of para-hydroxylation sites is 1. The summed E-state index contributed by atoms with van der Waals surface area (Å²) in [5.74, 6) is 0. The van der Waals surface area contributed by atoms with Crippen LogP contribution in [0.5, 0.6) is 0 Å². The molecule has 96 valence electrons. The van der Waals surface area contributed by atoms with E-state index in [1.54, 1.807) is 11.3 Å². The Morgan fingerprint density at radius 1 is 1.17 bits per heavy atom. The van der Waals surface area contributed by atoms with Crippen LogP contribution in [0.2, 0.25) is 0 Å². The summed E-state index contributed by atoms with van der Waals surface area (Å²) in [5.41, 5.74) is 1.09. The minimum atomic E-state index is 0.251. The topological polar surface area (TPSA) is 39.6 Å². The largest absolute Gasteiger partial charge is 0.395 e. The fraction of sp³-hybridized carbons (Fsp3) is 0.462. The van der Waals surface area contributed by atoms with E-state index in [0.717, 1.165) is 43.4 Å². The number of β-amino-alcohol motifs (C(OH)–C–C–N with tert-alkyl or cyclic N) is 1. The van der Waals surface area contributed by atoms with Gasteiger partial charge in [-0.2, -0.15) is 0 Å². The van der Waals surface area contributed by atoms with Crippen molar-refractivity contribution in [2.24, 2.45) is 0 Å². The van der Waals surface area contributed by atoms with E-state index < -0.39 is 0 Å². The summed E-state index contributed by atoms with van der Waals surface area (Å²) < 4.78 is 1.25. The van der Waals surface area contributed by atoms with Crippen LogP contribution in [0.1, 0.15) is 0 Å². The average molecular weight is 263 g/mol. The summed E-state index contributed by atoms with van der Waals surface area (Å²) in [7, 11) is 0. The molecule has 0 radical (unpaired) electrons. The standard InChI is InChI=1S/C13H17N3OS/c17-10-9-15-5-7-16(8-6-15)13-14-11-3-1-2-4-12(11)18-13/h1-4,17H,5-10H2. The molecule has 0 unspecified atom stereocenters. The molecule has 18 heavy (non-hydrogen) atoms. The Bertz CT molecular complexity index is 487. The molecule has 0 aliphatic carbocycles. The van der Waals surface area contributed by atoms with Crippen LogP contribution < -0.4 is 4.90 Å². The van der Waals surface area contributed by atoms with Gasteiger partial charge in [-0.25, -0.2) is 4.98 Å². The molecule has 0 atom stereocenters. The summed E-state index contributed by atoms with van der Waals surface area (Å²) in [5, 5.41) is 10.1. The summed E-state index contributed by atoms with van der Waals surface area (Å²) in [6, 6.07) is 8.28. The molecule has 0 saturated carbocycles. The molecule has 0 bridgehead atoms. The number of aliphatic hydroxyl groups excluding tert-OH is 1. The van der Waals surface area contributed by atoms with Gasteiger partial charge in [0.05, 0.1) is 16.8 Å². The van der Waals surface area contributed by atoms with Gasteiger partial charge in [0.1, 0.15) is 0 Å². The van der Waals surface area contributed by atoms with E-state index in [-0.39, 0.29) is 6.61 Å². The minimum Gasteiger partial charge on any atom is -0.395 e. The molecule has 1 aromatic heterocycles. The number of thiazole rings is 1. The Labute approximate surface area is 110 Å². The van der Waals surface area contributed by atoms with Gasteiger partial charge in [-0.15, -0.1) is 0 Å². The van der Waals surface area contributed by atoms with Gasteiger partial charge in [-0.3, -0.25) is 4.90 Å². The molecule has 4 nitrogen and oxygen atoms in total. The molecule has 2 heterocycles. The zero-order valence-corrected chi connectivity index (χ0v) is 11.1. The number of hydrogen-bond acceptors (Lipinski definition) is 5. The van der Waals surface area contributed by atoms with Crippen molar-refractivity contribution in [1.29, 1.82) is 0 Å². The predicted molar refractivity (Wildman–Crippen MR) is 75.4 cm³/mol. The average Bonchev–Trinajstić information content (AvgIpc) is 2.84. The van der Waals surface area contributed by atoms with Gasteiger partial charge in [-0.1, -0.05) is 23.5 Å². The molecule has 1 aromatic carbocycles. The fourth-order valence-electron chi connectivity index (χ4n) is 2.30. The first-order valence-corrected chi connectivity index (χ1v) is 7.12. The van der Waals surface area contributed by atoms with Crippen molar-refractivity contribution in [3.05, 3.63) is 24.3 Å². The van der Waals surface area contributed by atoms with Crippen molar-refractivity contribution in [2.45, 2.75) is 0 Å². The number of aromatic nitrogens is 1. The van der Waals surface area contributed by atoms with E-state index >= 15 is 0 Å². The zero-order valence-electron chi connectivity index (χ0n) is 10.2. The SMILES string of the molecule is OCCN1CCN(c2nc3ccccc3s2)CC1. The smallest absolute Gasteiger partial charge is 0.186 e. The van der Waals surface area contributed by atoms with Crippen molar-refractivity contribution >= 4 is 26.7 Å². The van der Waals surface area contributed by atoms with Crippen LogP contribution in [0, 0.1) is 0 Å². The molecule has 1 N–H and O–H groups in total. The molecule has 1 aliphatic heterocycles. The Morgan fingerprint density at radius 2 is 1.94 bits per heavy atom. The first-order valence-electron chi connectivity index (χ1n) is 6.30. The summed E-state index contributed by atoms with van der Waals surface area (Å²) in [4.78, 5) is 9.33. The lowest BCUT2D eigenvalue weighted by atomic mass is 10.3. The van der Waals surface area contributed by atoms with E-state index in [0.29, 0.717) is 0 Å². The monoisotopic (exact) mass is 263 g/mol. The molecule has 0 amide bonds. The fourth-order valence-corrected chi connectivity index (χ4v) is 3.32. The highest BCUT2D eigenvalue weighted by atomic mass is 32.1. The molecule has 0 spiro atoms. The van der Waals surface area contributed by atoms with Crippen LogP contribution in [0.25, 0.3) is 10.2 Å². The van der Waals surface area contributed by atoms with Crippen LogP contribution >= 0.6 is 11.3 Å². The van der Waals surface area contributed by atoms with Crippen molar-refractivity contribution in [1.82, 2.24) is 9.88 Å². The summed E-state index contributed by atoms with van der Waals surface area (Å²) >= 11 is 1.77. The summed E-state index contributed by atoms with van der Waals surface area (Å²) in [6.45, 7) is 5.06. The van der Waals surface area contributed by atoms with Crippen LogP contribution in [-0.2, 0) is 0 Å². The van der Waals surface area contributed by atoms with Crippen molar-refractivity contribution in [3.8, 4) is 0 Å². The second-order valence-corrected chi connectivity index (χ2v) is 5.53. The number of benzene rings is 1. The van der Waals surface area contributed by atoms with Crippen LogP contribution in [0.3, 0.4) is 0 Å². The molecule has 1 fully saturated rings. The number of fused-ring (bicyclic) bond motifs is 1. The van der Waals surface area contributed by atoms with Gasteiger partial charge >= 0.3 is 0 Å². The maximum absolute atomic E-state index is 8.93. The van der Waals surface area contributed by atoms with Gasteiger partial charge in [0.25, 0.3) is 0 Å². The number of piperazine rings is 1. The van der Waals surface area contributed by atoms with Crippen molar-refractivity contribution in [3.63, 3.8) is 0 Å².